The van der Waals surface area contributed by atoms with Crippen LogP contribution < -0.4 is 0 Å². The van der Waals surface area contributed by atoms with E-state index in [1.807, 2.05) is 13.8 Å². The third kappa shape index (κ3) is 3.97. The van der Waals surface area contributed by atoms with Gasteiger partial charge in [-0.25, -0.2) is 0 Å². The molecule has 0 N–H and O–H groups in total. The minimum absolute atomic E-state index is 0.0255. The van der Waals surface area contributed by atoms with Crippen LogP contribution in [0.5, 0.6) is 0 Å². The number of methoxy groups -OCH3 is 1. The lowest BCUT2D eigenvalue weighted by Gasteiger charge is -2.42. The Bertz CT molecular complexity index is 295. The number of carbonyl (C=O) groups is 1. The molecule has 3 heteroatoms. The van der Waals surface area contributed by atoms with E-state index in [9.17, 15) is 4.79 Å². The molecule has 0 aromatic carbocycles. The lowest BCUT2D eigenvalue weighted by molar-refractivity contribution is -0.177. The van der Waals surface area contributed by atoms with Crippen molar-refractivity contribution in [1.82, 2.24) is 0 Å². The second kappa shape index (κ2) is 8.02. The Labute approximate surface area is 124 Å². The summed E-state index contributed by atoms with van der Waals surface area (Å²) in [5.74, 6) is 1.36. The van der Waals surface area contributed by atoms with Gasteiger partial charge in [0.1, 0.15) is 6.10 Å². The van der Waals surface area contributed by atoms with E-state index < -0.39 is 0 Å². The molecule has 1 unspecified atom stereocenters. The van der Waals surface area contributed by atoms with Crippen molar-refractivity contribution in [1.29, 1.82) is 0 Å². The van der Waals surface area contributed by atoms with Crippen molar-refractivity contribution in [3.63, 3.8) is 0 Å². The van der Waals surface area contributed by atoms with E-state index in [0.29, 0.717) is 17.8 Å². The Kier molecular flexibility index (Phi) is 7.01. The molecular weight excluding hydrogens is 252 g/mol. The molecular formula is C17H32O3. The maximum Gasteiger partial charge on any atom is 0.309 e. The van der Waals surface area contributed by atoms with Crippen LogP contribution in [0.3, 0.4) is 0 Å². The lowest BCUT2D eigenvalue weighted by atomic mass is 9.73. The fourth-order valence-electron chi connectivity index (χ4n) is 3.44. The van der Waals surface area contributed by atoms with Crippen LogP contribution in [0.4, 0.5) is 0 Å². The Morgan fingerprint density at radius 1 is 1.15 bits per heavy atom. The Hall–Kier alpha value is -0.570. The highest BCUT2D eigenvalue weighted by atomic mass is 16.6. The molecule has 0 aromatic heterocycles. The van der Waals surface area contributed by atoms with E-state index in [2.05, 4.69) is 20.8 Å². The van der Waals surface area contributed by atoms with Crippen molar-refractivity contribution in [2.45, 2.75) is 72.5 Å². The first-order valence-electron chi connectivity index (χ1n) is 8.19. The minimum atomic E-state index is -0.0863. The molecule has 0 saturated heterocycles. The Morgan fingerprint density at radius 2 is 1.75 bits per heavy atom. The van der Waals surface area contributed by atoms with Crippen LogP contribution in [0.2, 0.25) is 0 Å². The fraction of sp³-hybridized carbons (Fsp3) is 0.941. The van der Waals surface area contributed by atoms with Gasteiger partial charge in [0.25, 0.3) is 0 Å². The van der Waals surface area contributed by atoms with Crippen molar-refractivity contribution in [2.24, 2.45) is 23.7 Å². The molecule has 20 heavy (non-hydrogen) atoms. The summed E-state index contributed by atoms with van der Waals surface area (Å²) in [5.41, 5.74) is 0. The van der Waals surface area contributed by atoms with Crippen molar-refractivity contribution >= 4 is 5.97 Å². The molecule has 1 saturated carbocycles. The van der Waals surface area contributed by atoms with Crippen LogP contribution in [0, 0.1) is 23.7 Å². The molecule has 0 radical (unpaired) electrons. The maximum absolute atomic E-state index is 12.3. The molecule has 1 fully saturated rings. The predicted molar refractivity (Wildman–Crippen MR) is 81.5 cm³/mol. The van der Waals surface area contributed by atoms with Gasteiger partial charge in [0.15, 0.2) is 0 Å². The number of hydrogen-bond donors (Lipinski definition) is 0. The van der Waals surface area contributed by atoms with Crippen LogP contribution in [0.1, 0.15) is 60.3 Å². The molecule has 1 aliphatic carbocycles. The molecule has 118 valence electrons. The van der Waals surface area contributed by atoms with Crippen LogP contribution in [0.25, 0.3) is 0 Å². The third-order valence-corrected chi connectivity index (χ3v) is 4.96. The Morgan fingerprint density at radius 3 is 2.20 bits per heavy atom. The summed E-state index contributed by atoms with van der Waals surface area (Å²) in [6, 6.07) is 0. The van der Waals surface area contributed by atoms with Crippen molar-refractivity contribution in [3.05, 3.63) is 0 Å². The molecule has 4 atom stereocenters. The van der Waals surface area contributed by atoms with Crippen LogP contribution in [0.15, 0.2) is 0 Å². The average Bonchev–Trinajstić information content (AvgIpc) is 2.40. The quantitative estimate of drug-likeness (QED) is 0.690. The number of rotatable bonds is 6. The monoisotopic (exact) mass is 284 g/mol. The van der Waals surface area contributed by atoms with E-state index in [-0.39, 0.29) is 24.1 Å². The van der Waals surface area contributed by atoms with E-state index in [0.717, 1.165) is 25.7 Å². The standard InChI is InChI=1S/C17H32O3/c1-7-13(8-2)17(18)20-16-14(11(3)4)10-9-12(5)15(16)19-6/h11-16H,7-10H2,1-6H3/t12-,14+,15?,16+/m1/s1. The van der Waals surface area contributed by atoms with Crippen molar-refractivity contribution < 1.29 is 14.3 Å². The summed E-state index contributed by atoms with van der Waals surface area (Å²) >= 11 is 0. The third-order valence-electron chi connectivity index (χ3n) is 4.96. The van der Waals surface area contributed by atoms with Crippen molar-refractivity contribution in [2.75, 3.05) is 7.11 Å². The van der Waals surface area contributed by atoms with E-state index in [1.165, 1.54) is 0 Å². The van der Waals surface area contributed by atoms with E-state index in [1.54, 1.807) is 7.11 Å². The van der Waals surface area contributed by atoms with E-state index in [4.69, 9.17) is 9.47 Å². The first-order chi connectivity index (χ1) is 9.46. The van der Waals surface area contributed by atoms with Gasteiger partial charge < -0.3 is 9.47 Å². The summed E-state index contributed by atoms with van der Waals surface area (Å²) in [6.45, 7) is 10.7. The van der Waals surface area contributed by atoms with Gasteiger partial charge in [-0.2, -0.15) is 0 Å². The summed E-state index contributed by atoms with van der Waals surface area (Å²) < 4.78 is 11.6. The van der Waals surface area contributed by atoms with Crippen LogP contribution >= 0.6 is 0 Å². The summed E-state index contributed by atoms with van der Waals surface area (Å²) in [4.78, 5) is 12.3. The second-order valence-electron chi connectivity index (χ2n) is 6.58. The first-order valence-corrected chi connectivity index (χ1v) is 8.19. The minimum Gasteiger partial charge on any atom is -0.459 e. The molecule has 0 amide bonds. The first kappa shape index (κ1) is 17.5. The van der Waals surface area contributed by atoms with Gasteiger partial charge in [0.05, 0.1) is 12.0 Å². The van der Waals surface area contributed by atoms with Crippen LogP contribution in [-0.2, 0) is 14.3 Å². The summed E-state index contributed by atoms with van der Waals surface area (Å²) in [7, 11) is 1.74. The largest absolute Gasteiger partial charge is 0.459 e. The average molecular weight is 284 g/mol. The highest BCUT2D eigenvalue weighted by molar-refractivity contribution is 5.72. The zero-order valence-electron chi connectivity index (χ0n) is 14.0. The zero-order valence-corrected chi connectivity index (χ0v) is 14.0. The molecule has 0 spiro atoms. The lowest BCUT2D eigenvalue weighted by Crippen LogP contribution is -2.48. The maximum atomic E-state index is 12.3. The van der Waals surface area contributed by atoms with E-state index >= 15 is 0 Å². The number of carbonyl (C=O) groups excluding carboxylic acids is 1. The van der Waals surface area contributed by atoms with Gasteiger partial charge in [0.2, 0.25) is 0 Å². The fourth-order valence-corrected chi connectivity index (χ4v) is 3.44. The normalized spacial score (nSPS) is 30.8. The van der Waals surface area contributed by atoms with Gasteiger partial charge in [-0.05, 0) is 37.5 Å². The van der Waals surface area contributed by atoms with Gasteiger partial charge in [-0.1, -0.05) is 34.6 Å². The number of hydrogen-bond acceptors (Lipinski definition) is 3. The second-order valence-corrected chi connectivity index (χ2v) is 6.58. The molecule has 1 rings (SSSR count). The molecule has 0 aromatic rings. The van der Waals surface area contributed by atoms with Crippen LogP contribution in [-0.4, -0.2) is 25.3 Å². The number of esters is 1. The topological polar surface area (TPSA) is 35.5 Å². The summed E-state index contributed by atoms with van der Waals surface area (Å²) in [6.07, 6.45) is 3.93. The molecule has 0 heterocycles. The highest BCUT2D eigenvalue weighted by Crippen LogP contribution is 2.37. The van der Waals surface area contributed by atoms with Gasteiger partial charge in [-0.15, -0.1) is 0 Å². The summed E-state index contributed by atoms with van der Waals surface area (Å²) in [5, 5.41) is 0. The highest BCUT2D eigenvalue weighted by Gasteiger charge is 2.42. The smallest absolute Gasteiger partial charge is 0.309 e. The molecule has 0 bridgehead atoms. The van der Waals surface area contributed by atoms with Gasteiger partial charge >= 0.3 is 5.97 Å². The molecule has 3 nitrogen and oxygen atoms in total. The Balaban J connectivity index is 2.84. The van der Waals surface area contributed by atoms with Gasteiger partial charge in [-0.3, -0.25) is 4.79 Å². The number of ether oxygens (including phenoxy) is 2. The zero-order chi connectivity index (χ0) is 15.3. The molecule has 1 aliphatic rings. The predicted octanol–water partition coefficient (Wildman–Crippen LogP) is 4.05. The SMILES string of the molecule is CCC(CC)C(=O)O[C@@H]1C(OC)[C@H](C)CC[C@H]1C(C)C. The molecule has 0 aliphatic heterocycles. The van der Waals surface area contributed by atoms with Gasteiger partial charge in [0, 0.05) is 13.0 Å². The van der Waals surface area contributed by atoms with Crippen molar-refractivity contribution in [3.8, 4) is 0 Å².